The van der Waals surface area contributed by atoms with Gasteiger partial charge >= 0.3 is 5.97 Å². The summed E-state index contributed by atoms with van der Waals surface area (Å²) in [5, 5.41) is 19.7. The second kappa shape index (κ2) is 10.6. The number of amides is 1. The van der Waals surface area contributed by atoms with E-state index in [1.54, 1.807) is 18.2 Å². The first-order chi connectivity index (χ1) is 17.2. The second-order valence-electron chi connectivity index (χ2n) is 9.52. The number of likely N-dealkylation sites (tertiary alicyclic amines) is 1. The van der Waals surface area contributed by atoms with Crippen molar-refractivity contribution in [2.75, 3.05) is 11.9 Å². The molecule has 0 radical (unpaired) electrons. The number of anilines is 1. The third kappa shape index (κ3) is 5.48. The first kappa shape index (κ1) is 25.5. The molecule has 1 amide bonds. The van der Waals surface area contributed by atoms with Gasteiger partial charge in [0, 0.05) is 42.2 Å². The average Bonchev–Trinajstić information content (AvgIpc) is 3.51. The number of aliphatic carboxylic acids is 1. The number of nitrogens with one attached hydrogen (secondary N) is 2. The molecule has 6 nitrogen and oxygen atoms in total. The topological polar surface area (TPSA) is 93.5 Å². The molecule has 1 heterocycles. The highest BCUT2D eigenvalue weighted by Gasteiger charge is 2.59. The maximum atomic E-state index is 13.8. The van der Waals surface area contributed by atoms with Crippen LogP contribution in [-0.4, -0.2) is 46.6 Å². The Morgan fingerprint density at radius 1 is 1.17 bits per heavy atom. The van der Waals surface area contributed by atoms with Crippen molar-refractivity contribution in [3.8, 4) is 11.1 Å². The lowest BCUT2D eigenvalue weighted by Gasteiger charge is -2.36. The maximum absolute atomic E-state index is 13.8. The van der Waals surface area contributed by atoms with Crippen LogP contribution in [0.2, 0.25) is 0 Å². The third-order valence-corrected chi connectivity index (χ3v) is 6.93. The lowest BCUT2D eigenvalue weighted by atomic mass is 9.96. The van der Waals surface area contributed by atoms with E-state index >= 15 is 0 Å². The van der Waals surface area contributed by atoms with Crippen LogP contribution in [0.25, 0.3) is 11.1 Å². The molecule has 2 atom stereocenters. The lowest BCUT2D eigenvalue weighted by molar-refractivity contribution is -0.132. The van der Waals surface area contributed by atoms with Crippen molar-refractivity contribution in [1.82, 2.24) is 4.90 Å². The zero-order valence-electron chi connectivity index (χ0n) is 20.3. The number of carbonyl (C=O) groups excluding carboxylic acids is 1. The Kier molecular flexibility index (Phi) is 7.52. The number of halogens is 2. The van der Waals surface area contributed by atoms with Gasteiger partial charge in [-0.05, 0) is 61.1 Å². The van der Waals surface area contributed by atoms with Gasteiger partial charge in [-0.15, -0.1) is 0 Å². The number of nitrogens with zero attached hydrogens (tertiary/aromatic N) is 1. The molecule has 1 aliphatic heterocycles. The number of hydrogen-bond donors (Lipinski definition) is 3. The Hall–Kier alpha value is -3.55. The van der Waals surface area contributed by atoms with E-state index in [0.717, 1.165) is 49.8 Å². The molecule has 1 saturated carbocycles. The minimum Gasteiger partial charge on any atom is -0.478 e. The van der Waals surface area contributed by atoms with E-state index in [9.17, 15) is 23.5 Å². The maximum Gasteiger partial charge on any atom is 0.339 e. The van der Waals surface area contributed by atoms with Crippen molar-refractivity contribution in [3.63, 3.8) is 0 Å². The van der Waals surface area contributed by atoms with E-state index in [-0.39, 0.29) is 17.6 Å². The summed E-state index contributed by atoms with van der Waals surface area (Å²) in [6, 6.07) is 14.6. The van der Waals surface area contributed by atoms with E-state index in [4.69, 9.17) is 5.41 Å². The molecule has 2 aromatic rings. The number of piperidine rings is 1. The monoisotopic (exact) mass is 495 g/mol. The molecule has 0 aromatic heterocycles. The Balaban J connectivity index is 1.60. The van der Waals surface area contributed by atoms with Crippen LogP contribution >= 0.6 is 0 Å². The van der Waals surface area contributed by atoms with Crippen molar-refractivity contribution in [2.45, 2.75) is 57.4 Å². The molecule has 3 N–H and O–H groups in total. The highest BCUT2D eigenvalue weighted by atomic mass is 19.3. The molecule has 1 aliphatic carbocycles. The van der Waals surface area contributed by atoms with Crippen LogP contribution in [0.5, 0.6) is 0 Å². The van der Waals surface area contributed by atoms with Gasteiger partial charge in [-0.25, -0.2) is 13.6 Å². The number of benzene rings is 2. The first-order valence-electron chi connectivity index (χ1n) is 12.4. The highest BCUT2D eigenvalue weighted by Crippen LogP contribution is 2.53. The van der Waals surface area contributed by atoms with Crippen LogP contribution in [-0.2, 0) is 4.79 Å². The number of carboxylic acid groups (broad SMARTS) is 1. The number of rotatable bonds is 9. The minimum atomic E-state index is -3.00. The van der Waals surface area contributed by atoms with Crippen LogP contribution in [0.4, 0.5) is 14.5 Å². The van der Waals surface area contributed by atoms with Crippen molar-refractivity contribution in [2.24, 2.45) is 5.92 Å². The van der Waals surface area contributed by atoms with Crippen LogP contribution in [0.3, 0.4) is 0 Å². The van der Waals surface area contributed by atoms with E-state index in [0.29, 0.717) is 17.5 Å². The molecule has 0 bridgehead atoms. The summed E-state index contributed by atoms with van der Waals surface area (Å²) < 4.78 is 27.6. The van der Waals surface area contributed by atoms with E-state index in [2.05, 4.69) is 12.2 Å². The Bertz CT molecular complexity index is 1190. The molecule has 2 aliphatic rings. The number of allylic oxidation sites excluding steroid dienone is 1. The Morgan fingerprint density at radius 3 is 2.50 bits per heavy atom. The van der Waals surface area contributed by atoms with E-state index < -0.39 is 29.8 Å². The van der Waals surface area contributed by atoms with Gasteiger partial charge in [-0.2, -0.15) is 0 Å². The molecule has 2 fully saturated rings. The summed E-state index contributed by atoms with van der Waals surface area (Å²) in [5.74, 6) is -5.68. The fraction of sp³-hybridized carbons (Fsp3) is 0.393. The van der Waals surface area contributed by atoms with Gasteiger partial charge in [-0.3, -0.25) is 4.79 Å². The fourth-order valence-electron chi connectivity index (χ4n) is 4.95. The highest BCUT2D eigenvalue weighted by molar-refractivity contribution is 6.09. The zero-order valence-corrected chi connectivity index (χ0v) is 20.3. The van der Waals surface area contributed by atoms with Crippen LogP contribution in [0.15, 0.2) is 59.8 Å². The number of carbonyl (C=O) groups is 2. The summed E-state index contributed by atoms with van der Waals surface area (Å²) in [5.41, 5.74) is 1.92. The zero-order chi connectivity index (χ0) is 25.9. The summed E-state index contributed by atoms with van der Waals surface area (Å²) in [7, 11) is 0. The van der Waals surface area contributed by atoms with Crippen LogP contribution in [0, 0.1) is 11.3 Å². The molecule has 4 rings (SSSR count). The molecule has 0 spiro atoms. The van der Waals surface area contributed by atoms with Gasteiger partial charge in [0.25, 0.3) is 11.8 Å². The van der Waals surface area contributed by atoms with Crippen molar-refractivity contribution < 1.29 is 23.5 Å². The Morgan fingerprint density at radius 2 is 1.86 bits per heavy atom. The summed E-state index contributed by atoms with van der Waals surface area (Å²) >= 11 is 0. The fourth-order valence-corrected chi connectivity index (χ4v) is 4.95. The normalized spacial score (nSPS) is 21.4. The second-order valence-corrected chi connectivity index (χ2v) is 9.52. The van der Waals surface area contributed by atoms with Gasteiger partial charge in [0.1, 0.15) is 0 Å². The number of alkyl halides is 2. The molecule has 8 heteroatoms. The smallest absolute Gasteiger partial charge is 0.339 e. The number of hydrogen-bond acceptors (Lipinski definition) is 4. The number of carboxylic acids is 1. The molecular formula is C28H31F2N3O3. The van der Waals surface area contributed by atoms with Gasteiger partial charge < -0.3 is 20.7 Å². The van der Waals surface area contributed by atoms with Gasteiger partial charge in [0.05, 0.1) is 11.5 Å². The minimum absolute atomic E-state index is 0.0162. The standard InChI is InChI=1S/C28H31F2N3O3/c1-2-7-22-12-3-4-13-33(22)26(34)20-10-5-8-18(14-20)19-9-6-11-21(15-19)32-25(23(17-31)27(35)36)24-16-28(24,29)30/h5-6,8-11,14-15,17,22,24,31-32H,2-4,7,12-13,16H2,1H3,(H,35,36)/b25-23+,31-17?. The van der Waals surface area contributed by atoms with Crippen molar-refractivity contribution >= 4 is 23.8 Å². The van der Waals surface area contributed by atoms with Crippen LogP contribution < -0.4 is 5.32 Å². The van der Waals surface area contributed by atoms with Crippen LogP contribution in [0.1, 0.15) is 55.8 Å². The molecule has 2 unspecified atom stereocenters. The predicted octanol–water partition coefficient (Wildman–Crippen LogP) is 6.20. The van der Waals surface area contributed by atoms with Crippen molar-refractivity contribution in [1.29, 1.82) is 5.41 Å². The SMILES string of the molecule is CCCC1CCCCN1C(=O)c1cccc(-c2cccc(N/C(=C(\C=N)C(=O)O)C3CC3(F)F)c2)c1. The Labute approximate surface area is 209 Å². The average molecular weight is 496 g/mol. The lowest BCUT2D eigenvalue weighted by Crippen LogP contribution is -2.43. The third-order valence-electron chi connectivity index (χ3n) is 6.93. The summed E-state index contributed by atoms with van der Waals surface area (Å²) in [6.07, 6.45) is 5.31. The molecule has 36 heavy (non-hydrogen) atoms. The van der Waals surface area contributed by atoms with E-state index in [1.165, 1.54) is 0 Å². The molecule has 2 aromatic carbocycles. The largest absolute Gasteiger partial charge is 0.478 e. The quantitative estimate of drug-likeness (QED) is 0.285. The summed E-state index contributed by atoms with van der Waals surface area (Å²) in [6.45, 7) is 2.89. The van der Waals surface area contributed by atoms with Gasteiger partial charge in [0.2, 0.25) is 0 Å². The molecular weight excluding hydrogens is 464 g/mol. The summed E-state index contributed by atoms with van der Waals surface area (Å²) in [4.78, 5) is 26.9. The van der Waals surface area contributed by atoms with Gasteiger partial charge in [-0.1, -0.05) is 37.6 Å². The predicted molar refractivity (Wildman–Crippen MR) is 136 cm³/mol. The van der Waals surface area contributed by atoms with E-state index in [1.807, 2.05) is 35.2 Å². The molecule has 190 valence electrons. The van der Waals surface area contributed by atoms with Crippen molar-refractivity contribution in [3.05, 3.63) is 65.4 Å². The first-order valence-corrected chi connectivity index (χ1v) is 12.4. The molecule has 1 saturated heterocycles. The van der Waals surface area contributed by atoms with Gasteiger partial charge in [0.15, 0.2) is 0 Å².